The summed E-state index contributed by atoms with van der Waals surface area (Å²) in [6.45, 7) is 2.02. The van der Waals surface area contributed by atoms with Crippen molar-refractivity contribution in [3.63, 3.8) is 0 Å². The van der Waals surface area contributed by atoms with Gasteiger partial charge in [0.25, 0.3) is 5.91 Å². The van der Waals surface area contributed by atoms with Crippen molar-refractivity contribution in [1.82, 2.24) is 30.0 Å². The van der Waals surface area contributed by atoms with Gasteiger partial charge in [0.05, 0.1) is 24.5 Å². The topological polar surface area (TPSA) is 116 Å². The van der Waals surface area contributed by atoms with Crippen LogP contribution in [0.4, 0.5) is 0 Å². The minimum absolute atomic E-state index is 0.00485. The van der Waals surface area contributed by atoms with Gasteiger partial charge in [-0.05, 0) is 37.7 Å². The zero-order chi connectivity index (χ0) is 22.7. The van der Waals surface area contributed by atoms with Gasteiger partial charge in [-0.15, -0.1) is 0 Å². The van der Waals surface area contributed by atoms with Crippen LogP contribution in [0.5, 0.6) is 5.88 Å². The van der Waals surface area contributed by atoms with Crippen molar-refractivity contribution in [3.05, 3.63) is 48.4 Å². The van der Waals surface area contributed by atoms with Crippen molar-refractivity contribution in [2.45, 2.75) is 37.7 Å². The Kier molecular flexibility index (Phi) is 5.99. The summed E-state index contributed by atoms with van der Waals surface area (Å²) in [5.41, 5.74) is 0.968. The molecule has 1 spiro atoms. The smallest absolute Gasteiger partial charge is 0.255 e. The van der Waals surface area contributed by atoms with Gasteiger partial charge in [0.2, 0.25) is 17.6 Å². The first kappa shape index (κ1) is 21.4. The molecule has 10 nitrogen and oxygen atoms in total. The summed E-state index contributed by atoms with van der Waals surface area (Å²) < 4.78 is 16.8. The molecular formula is C23H26N6O4. The van der Waals surface area contributed by atoms with E-state index in [2.05, 4.69) is 25.1 Å². The van der Waals surface area contributed by atoms with Crippen LogP contribution in [-0.2, 0) is 11.2 Å². The first-order chi connectivity index (χ1) is 16.1. The van der Waals surface area contributed by atoms with Crippen molar-refractivity contribution < 1.29 is 18.8 Å². The Bertz CT molecular complexity index is 1080. The van der Waals surface area contributed by atoms with Gasteiger partial charge in [-0.3, -0.25) is 9.78 Å². The van der Waals surface area contributed by atoms with Crippen LogP contribution in [0.3, 0.4) is 0 Å². The number of nitrogens with zero attached hydrogens (tertiary/aromatic N) is 6. The van der Waals surface area contributed by atoms with Crippen LogP contribution in [0, 0.1) is 5.92 Å². The fourth-order valence-electron chi connectivity index (χ4n) is 4.68. The van der Waals surface area contributed by atoms with Crippen LogP contribution in [0.2, 0.25) is 0 Å². The third kappa shape index (κ3) is 4.70. The number of likely N-dealkylation sites (tertiary alicyclic amines) is 1. The molecule has 1 atom stereocenters. The fraction of sp³-hybridized carbons (Fsp3) is 0.478. The third-order valence-electron chi connectivity index (χ3n) is 6.47. The normalized spacial score (nSPS) is 20.0. The van der Waals surface area contributed by atoms with Crippen LogP contribution < -0.4 is 4.74 Å². The van der Waals surface area contributed by atoms with E-state index in [1.54, 1.807) is 44.0 Å². The van der Waals surface area contributed by atoms with Gasteiger partial charge in [-0.25, -0.2) is 9.97 Å². The molecule has 3 aromatic rings. The molecule has 3 aromatic heterocycles. The Hall–Kier alpha value is -3.40. The molecule has 0 bridgehead atoms. The van der Waals surface area contributed by atoms with E-state index in [1.807, 2.05) is 4.90 Å². The Morgan fingerprint density at radius 1 is 1.21 bits per heavy atom. The first-order valence-electron chi connectivity index (χ1n) is 11.2. The van der Waals surface area contributed by atoms with Gasteiger partial charge in [-0.1, -0.05) is 5.16 Å². The van der Waals surface area contributed by atoms with Gasteiger partial charge < -0.3 is 18.9 Å². The number of carbonyl (C=O) groups is 1. The van der Waals surface area contributed by atoms with Crippen LogP contribution in [0.15, 0.2) is 41.4 Å². The Balaban J connectivity index is 1.18. The van der Waals surface area contributed by atoms with E-state index < -0.39 is 0 Å². The second kappa shape index (κ2) is 9.22. The second-order valence-electron chi connectivity index (χ2n) is 8.58. The third-order valence-corrected chi connectivity index (χ3v) is 6.47. The predicted octanol–water partition coefficient (Wildman–Crippen LogP) is 2.57. The van der Waals surface area contributed by atoms with E-state index in [0.717, 1.165) is 25.7 Å². The number of hydrogen-bond acceptors (Lipinski definition) is 9. The molecule has 5 rings (SSSR count). The van der Waals surface area contributed by atoms with E-state index in [0.29, 0.717) is 60.9 Å². The SMILES string of the molecule is COc1ccc(C(=O)N2CCC3(CC2)CC(Cc2nc(-c4cnccn4)no2)CCO3)cn1. The minimum Gasteiger partial charge on any atom is -0.481 e. The molecule has 0 aliphatic carbocycles. The zero-order valence-electron chi connectivity index (χ0n) is 18.5. The second-order valence-corrected chi connectivity index (χ2v) is 8.58. The van der Waals surface area contributed by atoms with E-state index in [1.165, 1.54) is 0 Å². The van der Waals surface area contributed by atoms with Gasteiger partial charge in [0.15, 0.2) is 0 Å². The maximum atomic E-state index is 12.9. The Morgan fingerprint density at radius 2 is 2.09 bits per heavy atom. The van der Waals surface area contributed by atoms with Gasteiger partial charge in [0, 0.05) is 50.8 Å². The average molecular weight is 450 g/mol. The summed E-state index contributed by atoms with van der Waals surface area (Å²) >= 11 is 0. The molecule has 0 saturated carbocycles. The van der Waals surface area contributed by atoms with Crippen molar-refractivity contribution in [2.24, 2.45) is 5.92 Å². The summed E-state index contributed by atoms with van der Waals surface area (Å²) in [5.74, 6) is 1.95. The average Bonchev–Trinajstić information content (AvgIpc) is 3.33. The van der Waals surface area contributed by atoms with E-state index in [-0.39, 0.29) is 11.5 Å². The Labute approximate surface area is 191 Å². The van der Waals surface area contributed by atoms with Crippen LogP contribution in [-0.4, -0.2) is 68.3 Å². The summed E-state index contributed by atoms with van der Waals surface area (Å²) in [7, 11) is 1.56. The molecule has 33 heavy (non-hydrogen) atoms. The summed E-state index contributed by atoms with van der Waals surface area (Å²) in [5, 5.41) is 4.05. The lowest BCUT2D eigenvalue weighted by Gasteiger charge is -2.46. The number of pyridine rings is 1. The van der Waals surface area contributed by atoms with Gasteiger partial charge >= 0.3 is 0 Å². The molecule has 0 N–H and O–H groups in total. The number of rotatable bonds is 5. The summed E-state index contributed by atoms with van der Waals surface area (Å²) in [6, 6.07) is 3.46. The highest BCUT2D eigenvalue weighted by atomic mass is 16.5. The molecule has 2 fully saturated rings. The number of aromatic nitrogens is 5. The molecule has 2 saturated heterocycles. The molecule has 10 heteroatoms. The van der Waals surface area contributed by atoms with Crippen LogP contribution in [0.25, 0.3) is 11.5 Å². The molecule has 0 aromatic carbocycles. The molecule has 5 heterocycles. The zero-order valence-corrected chi connectivity index (χ0v) is 18.5. The largest absolute Gasteiger partial charge is 0.481 e. The summed E-state index contributed by atoms with van der Waals surface area (Å²) in [6.07, 6.45) is 10.6. The summed E-state index contributed by atoms with van der Waals surface area (Å²) in [4.78, 5) is 31.7. The van der Waals surface area contributed by atoms with Crippen molar-refractivity contribution >= 4 is 5.91 Å². The minimum atomic E-state index is -0.203. The van der Waals surface area contributed by atoms with E-state index >= 15 is 0 Å². The number of carbonyl (C=O) groups excluding carboxylic acids is 1. The Morgan fingerprint density at radius 3 is 2.82 bits per heavy atom. The lowest BCUT2D eigenvalue weighted by atomic mass is 9.78. The first-order valence-corrected chi connectivity index (χ1v) is 11.2. The highest BCUT2D eigenvalue weighted by Gasteiger charge is 2.41. The maximum absolute atomic E-state index is 12.9. The van der Waals surface area contributed by atoms with Crippen molar-refractivity contribution in [3.8, 4) is 17.4 Å². The molecule has 1 amide bonds. The number of ether oxygens (including phenoxy) is 2. The molecule has 2 aliphatic rings. The maximum Gasteiger partial charge on any atom is 0.255 e. The van der Waals surface area contributed by atoms with Crippen molar-refractivity contribution in [2.75, 3.05) is 26.8 Å². The van der Waals surface area contributed by atoms with Crippen LogP contribution >= 0.6 is 0 Å². The molecule has 2 aliphatic heterocycles. The highest BCUT2D eigenvalue weighted by molar-refractivity contribution is 5.94. The number of piperidine rings is 1. The number of methoxy groups -OCH3 is 1. The lowest BCUT2D eigenvalue weighted by Crippen LogP contribution is -2.51. The predicted molar refractivity (Wildman–Crippen MR) is 116 cm³/mol. The molecule has 0 radical (unpaired) electrons. The molecule has 172 valence electrons. The number of amides is 1. The highest BCUT2D eigenvalue weighted by Crippen LogP contribution is 2.39. The van der Waals surface area contributed by atoms with E-state index in [4.69, 9.17) is 14.0 Å². The lowest BCUT2D eigenvalue weighted by molar-refractivity contribution is -0.124. The van der Waals surface area contributed by atoms with E-state index in [9.17, 15) is 4.79 Å². The molecular weight excluding hydrogens is 424 g/mol. The monoisotopic (exact) mass is 450 g/mol. The quantitative estimate of drug-likeness (QED) is 0.578. The fourth-order valence-corrected chi connectivity index (χ4v) is 4.68. The van der Waals surface area contributed by atoms with Gasteiger partial charge in [0.1, 0.15) is 5.69 Å². The number of hydrogen-bond donors (Lipinski definition) is 0. The van der Waals surface area contributed by atoms with Gasteiger partial charge in [-0.2, -0.15) is 4.98 Å². The van der Waals surface area contributed by atoms with Crippen LogP contribution in [0.1, 0.15) is 41.9 Å². The van der Waals surface area contributed by atoms with Crippen molar-refractivity contribution in [1.29, 1.82) is 0 Å². The molecule has 1 unspecified atom stereocenters. The standard InChI is InChI=1S/C23H26N6O4/c1-31-19-3-2-17(14-26-19)22(30)29-9-5-23(6-10-29)13-16(4-11-32-23)12-20-27-21(28-33-20)18-15-24-7-8-25-18/h2-3,7-8,14-16H,4-6,9-13H2,1H3.